The molecule has 180 valence electrons. The first-order valence-corrected chi connectivity index (χ1v) is 11.5. The molecule has 5 rings (SSSR count). The molecule has 0 aliphatic carbocycles. The van der Waals surface area contributed by atoms with Crippen molar-refractivity contribution < 1.29 is 14.3 Å². The van der Waals surface area contributed by atoms with E-state index in [9.17, 15) is 14.4 Å². The van der Waals surface area contributed by atoms with Gasteiger partial charge in [-0.1, -0.05) is 48.0 Å². The van der Waals surface area contributed by atoms with Crippen molar-refractivity contribution in [3.8, 4) is 0 Å². The zero-order valence-corrected chi connectivity index (χ0v) is 20.0. The number of halogens is 1. The molecule has 0 bridgehead atoms. The fourth-order valence-electron chi connectivity index (χ4n) is 4.19. The Bertz CT molecular complexity index is 1670. The lowest BCUT2D eigenvalue weighted by atomic mass is 10.2. The number of nitrogens with zero attached hydrogens (tertiary/aromatic N) is 3. The van der Waals surface area contributed by atoms with E-state index < -0.39 is 5.97 Å². The normalized spacial score (nSPS) is 11.1. The number of methoxy groups -OCH3 is 1. The van der Waals surface area contributed by atoms with Gasteiger partial charge in [-0.05, 0) is 42.0 Å². The van der Waals surface area contributed by atoms with Gasteiger partial charge in [0.1, 0.15) is 17.6 Å². The number of aromatic nitrogens is 3. The van der Waals surface area contributed by atoms with Gasteiger partial charge in [-0.2, -0.15) is 0 Å². The first kappa shape index (κ1) is 23.3. The van der Waals surface area contributed by atoms with Crippen LogP contribution < -0.4 is 10.9 Å². The number of benzene rings is 3. The Labute approximate surface area is 210 Å². The first-order valence-electron chi connectivity index (χ1n) is 11.1. The Balaban J connectivity index is 1.51. The Kier molecular flexibility index (Phi) is 6.26. The third kappa shape index (κ3) is 4.34. The van der Waals surface area contributed by atoms with E-state index in [0.29, 0.717) is 27.3 Å². The highest BCUT2D eigenvalue weighted by molar-refractivity contribution is 6.31. The number of anilines is 1. The molecule has 1 N–H and O–H groups in total. The summed E-state index contributed by atoms with van der Waals surface area (Å²) in [7, 11) is 1.31. The van der Waals surface area contributed by atoms with Crippen molar-refractivity contribution in [3.05, 3.63) is 106 Å². The van der Waals surface area contributed by atoms with Crippen LogP contribution in [0, 0.1) is 0 Å². The highest BCUT2D eigenvalue weighted by Crippen LogP contribution is 2.26. The molecular formula is C27H21ClN4O4. The third-order valence-corrected chi connectivity index (χ3v) is 6.29. The average molecular weight is 501 g/mol. The maximum atomic E-state index is 13.6. The van der Waals surface area contributed by atoms with Gasteiger partial charge in [0.05, 0.1) is 31.1 Å². The van der Waals surface area contributed by atoms with Crippen molar-refractivity contribution in [1.82, 2.24) is 14.1 Å². The Morgan fingerprint density at radius 3 is 2.47 bits per heavy atom. The van der Waals surface area contributed by atoms with Crippen molar-refractivity contribution in [3.63, 3.8) is 0 Å². The quantitative estimate of drug-likeness (QED) is 0.347. The van der Waals surface area contributed by atoms with Crippen LogP contribution in [0.3, 0.4) is 0 Å². The topological polar surface area (TPSA) is 95.2 Å². The fourth-order valence-corrected chi connectivity index (χ4v) is 4.38. The second-order valence-electron chi connectivity index (χ2n) is 8.19. The molecule has 0 unspecified atom stereocenters. The van der Waals surface area contributed by atoms with Crippen LogP contribution in [0.25, 0.3) is 21.9 Å². The zero-order chi connectivity index (χ0) is 25.2. The summed E-state index contributed by atoms with van der Waals surface area (Å²) in [6.45, 7) is 0.150. The second-order valence-corrected chi connectivity index (χ2v) is 8.59. The van der Waals surface area contributed by atoms with E-state index in [1.807, 2.05) is 42.5 Å². The Morgan fingerprint density at radius 1 is 1.00 bits per heavy atom. The van der Waals surface area contributed by atoms with Gasteiger partial charge >= 0.3 is 5.97 Å². The molecule has 2 aromatic heterocycles. The van der Waals surface area contributed by atoms with Crippen LogP contribution in [0.2, 0.25) is 5.02 Å². The highest BCUT2D eigenvalue weighted by atomic mass is 35.5. The lowest BCUT2D eigenvalue weighted by Crippen LogP contribution is -2.25. The van der Waals surface area contributed by atoms with Gasteiger partial charge in [-0.3, -0.25) is 14.2 Å². The van der Waals surface area contributed by atoms with E-state index in [2.05, 4.69) is 10.3 Å². The highest BCUT2D eigenvalue weighted by Gasteiger charge is 2.19. The van der Waals surface area contributed by atoms with Gasteiger partial charge in [0.2, 0.25) is 5.91 Å². The van der Waals surface area contributed by atoms with Crippen LogP contribution in [0.1, 0.15) is 15.9 Å². The van der Waals surface area contributed by atoms with Crippen molar-refractivity contribution in [2.24, 2.45) is 0 Å². The van der Waals surface area contributed by atoms with Crippen molar-refractivity contribution in [1.29, 1.82) is 0 Å². The maximum Gasteiger partial charge on any atom is 0.337 e. The lowest BCUT2D eigenvalue weighted by molar-refractivity contribution is -0.116. The number of esters is 1. The second kappa shape index (κ2) is 9.67. The molecule has 2 heterocycles. The van der Waals surface area contributed by atoms with E-state index in [-0.39, 0.29) is 24.6 Å². The number of carbonyl (C=O) groups excluding carboxylic acids is 2. The van der Waals surface area contributed by atoms with Crippen LogP contribution in [0.4, 0.5) is 5.69 Å². The predicted molar refractivity (Wildman–Crippen MR) is 138 cm³/mol. The van der Waals surface area contributed by atoms with E-state index in [1.54, 1.807) is 34.9 Å². The molecule has 0 aliphatic heterocycles. The van der Waals surface area contributed by atoms with E-state index in [1.165, 1.54) is 18.0 Å². The van der Waals surface area contributed by atoms with Crippen molar-refractivity contribution in [2.75, 3.05) is 12.4 Å². The number of fused-ring (bicyclic) bond motifs is 3. The number of amides is 1. The minimum atomic E-state index is -0.460. The van der Waals surface area contributed by atoms with Gasteiger partial charge in [0.15, 0.2) is 0 Å². The molecule has 0 saturated carbocycles. The molecule has 0 spiro atoms. The molecule has 3 aromatic carbocycles. The molecule has 8 nitrogen and oxygen atoms in total. The largest absolute Gasteiger partial charge is 0.465 e. The summed E-state index contributed by atoms with van der Waals surface area (Å²) in [6, 6.07) is 21.1. The summed E-state index contributed by atoms with van der Waals surface area (Å²) < 4.78 is 7.87. The molecule has 0 aliphatic rings. The molecule has 0 radical (unpaired) electrons. The number of nitrogens with one attached hydrogen (secondary N) is 1. The predicted octanol–water partition coefficient (Wildman–Crippen LogP) is 4.48. The SMILES string of the molecule is COC(=O)c1ccc(NC(=O)Cn2c3ccccc3c3ncn(Cc4ccccc4Cl)c(=O)c32)cc1. The molecule has 36 heavy (non-hydrogen) atoms. The van der Waals surface area contributed by atoms with Gasteiger partial charge in [0.25, 0.3) is 5.56 Å². The van der Waals surface area contributed by atoms with Crippen LogP contribution >= 0.6 is 11.6 Å². The molecule has 9 heteroatoms. The number of hydrogen-bond acceptors (Lipinski definition) is 5. The summed E-state index contributed by atoms with van der Waals surface area (Å²) in [6.07, 6.45) is 1.51. The summed E-state index contributed by atoms with van der Waals surface area (Å²) in [5.41, 5.74) is 3.00. The maximum absolute atomic E-state index is 13.6. The number of hydrogen-bond donors (Lipinski definition) is 1. The number of para-hydroxylation sites is 1. The standard InChI is InChI=1S/C27H21ClN4O4/c1-36-27(35)17-10-12-19(13-11-17)30-23(33)15-32-22-9-5-3-7-20(22)24-25(32)26(34)31(16-29-24)14-18-6-2-4-8-21(18)28/h2-13,16H,14-15H2,1H3,(H,30,33). The molecular weight excluding hydrogens is 480 g/mol. The van der Waals surface area contributed by atoms with Crippen molar-refractivity contribution >= 4 is 51.1 Å². The molecule has 0 saturated heterocycles. The van der Waals surface area contributed by atoms with Crippen LogP contribution in [-0.2, 0) is 22.6 Å². The minimum absolute atomic E-state index is 0.101. The Morgan fingerprint density at radius 2 is 1.72 bits per heavy atom. The number of carbonyl (C=O) groups is 2. The van der Waals surface area contributed by atoms with E-state index in [0.717, 1.165) is 16.5 Å². The minimum Gasteiger partial charge on any atom is -0.465 e. The molecule has 0 atom stereocenters. The fraction of sp³-hybridized carbons (Fsp3) is 0.111. The smallest absolute Gasteiger partial charge is 0.337 e. The molecule has 5 aromatic rings. The van der Waals surface area contributed by atoms with Crippen molar-refractivity contribution in [2.45, 2.75) is 13.1 Å². The van der Waals surface area contributed by atoms with Crippen LogP contribution in [0.15, 0.2) is 83.9 Å². The Hall–Kier alpha value is -4.43. The molecule has 0 fully saturated rings. The van der Waals surface area contributed by atoms with Crippen LogP contribution in [0.5, 0.6) is 0 Å². The van der Waals surface area contributed by atoms with Gasteiger partial charge in [-0.25, -0.2) is 9.78 Å². The van der Waals surface area contributed by atoms with Gasteiger partial charge in [-0.15, -0.1) is 0 Å². The van der Waals surface area contributed by atoms with Gasteiger partial charge in [0, 0.05) is 16.1 Å². The summed E-state index contributed by atoms with van der Waals surface area (Å²) >= 11 is 6.30. The summed E-state index contributed by atoms with van der Waals surface area (Å²) in [5.74, 6) is -0.789. The zero-order valence-electron chi connectivity index (χ0n) is 19.3. The van der Waals surface area contributed by atoms with E-state index >= 15 is 0 Å². The van der Waals surface area contributed by atoms with Crippen LogP contribution in [-0.4, -0.2) is 33.1 Å². The summed E-state index contributed by atoms with van der Waals surface area (Å²) in [5, 5.41) is 4.16. The number of rotatable bonds is 6. The lowest BCUT2D eigenvalue weighted by Gasteiger charge is -2.11. The first-order chi connectivity index (χ1) is 17.5. The van der Waals surface area contributed by atoms with Gasteiger partial charge < -0.3 is 14.6 Å². The average Bonchev–Trinajstić information content (AvgIpc) is 3.21. The number of ether oxygens (including phenoxy) is 1. The third-order valence-electron chi connectivity index (χ3n) is 5.92. The van der Waals surface area contributed by atoms with E-state index in [4.69, 9.17) is 16.3 Å². The summed E-state index contributed by atoms with van der Waals surface area (Å²) in [4.78, 5) is 42.8. The monoisotopic (exact) mass is 500 g/mol. The molecule has 1 amide bonds.